The molecule has 1 N–H and O–H groups in total. The molecule has 8 heavy (non-hydrogen) atoms. The molecule has 1 radical (unpaired) electrons. The van der Waals surface area contributed by atoms with Gasteiger partial charge in [-0.1, -0.05) is 6.42 Å². The van der Waals surface area contributed by atoms with Crippen molar-refractivity contribution in [2.24, 2.45) is 5.41 Å². The van der Waals surface area contributed by atoms with Gasteiger partial charge in [-0.15, -0.1) is 0 Å². The number of hydrogen-bond donors (Lipinski definition) is 1. The van der Waals surface area contributed by atoms with E-state index >= 15 is 0 Å². The molecule has 0 unspecified atom stereocenters. The molecular formula is C6H9O2. The minimum Gasteiger partial charge on any atom is -0.389 e. The maximum atomic E-state index is 10.1. The quantitative estimate of drug-likeness (QED) is 0.540. The predicted octanol–water partition coefficient (Wildman–Crippen LogP) is 0.890. The van der Waals surface area contributed by atoms with Gasteiger partial charge in [-0.3, -0.25) is 0 Å². The Morgan fingerprint density at radius 2 is 2.12 bits per heavy atom. The van der Waals surface area contributed by atoms with Crippen LogP contribution in [-0.4, -0.2) is 11.4 Å². The largest absolute Gasteiger partial charge is 0.389 e. The van der Waals surface area contributed by atoms with Crippen LogP contribution in [0.2, 0.25) is 0 Å². The van der Waals surface area contributed by atoms with Crippen LogP contribution < -0.4 is 0 Å². The second-order valence-electron chi connectivity index (χ2n) is 2.33. The van der Waals surface area contributed by atoms with Crippen molar-refractivity contribution in [3.05, 3.63) is 6.61 Å². The van der Waals surface area contributed by atoms with Crippen LogP contribution in [0.3, 0.4) is 0 Å². The SMILES string of the molecule is O=CC1([CH]O)CCC1. The van der Waals surface area contributed by atoms with Gasteiger partial charge in [0.1, 0.15) is 6.29 Å². The molecule has 0 spiro atoms. The van der Waals surface area contributed by atoms with Gasteiger partial charge < -0.3 is 9.90 Å². The average molecular weight is 113 g/mol. The van der Waals surface area contributed by atoms with Gasteiger partial charge in [-0.25, -0.2) is 0 Å². The van der Waals surface area contributed by atoms with Crippen LogP contribution in [0.1, 0.15) is 19.3 Å². The van der Waals surface area contributed by atoms with E-state index < -0.39 is 5.41 Å². The molecule has 1 aliphatic rings. The number of carbonyl (C=O) groups excluding carboxylic acids is 1. The molecule has 0 atom stereocenters. The van der Waals surface area contributed by atoms with Crippen LogP contribution in [0.4, 0.5) is 0 Å². The van der Waals surface area contributed by atoms with E-state index in [1.54, 1.807) is 0 Å². The summed E-state index contributed by atoms with van der Waals surface area (Å²) in [6.45, 7) is 1.02. The van der Waals surface area contributed by atoms with Crippen LogP contribution >= 0.6 is 0 Å². The third-order valence-corrected chi connectivity index (χ3v) is 1.78. The zero-order valence-electron chi connectivity index (χ0n) is 4.63. The van der Waals surface area contributed by atoms with E-state index in [4.69, 9.17) is 5.11 Å². The van der Waals surface area contributed by atoms with Gasteiger partial charge >= 0.3 is 0 Å². The van der Waals surface area contributed by atoms with E-state index in [0.29, 0.717) is 0 Å². The van der Waals surface area contributed by atoms with E-state index in [-0.39, 0.29) is 0 Å². The van der Waals surface area contributed by atoms with Gasteiger partial charge in [0, 0.05) is 0 Å². The molecule has 0 amide bonds. The van der Waals surface area contributed by atoms with Crippen LogP contribution in [0.5, 0.6) is 0 Å². The summed E-state index contributed by atoms with van der Waals surface area (Å²) in [6, 6.07) is 0. The summed E-state index contributed by atoms with van der Waals surface area (Å²) in [5.41, 5.74) is -0.444. The highest BCUT2D eigenvalue weighted by molar-refractivity contribution is 5.62. The Hall–Kier alpha value is -0.370. The number of carbonyl (C=O) groups is 1. The maximum absolute atomic E-state index is 10.1. The highest BCUT2D eigenvalue weighted by atomic mass is 16.3. The number of hydrogen-bond acceptors (Lipinski definition) is 2. The first-order valence-electron chi connectivity index (χ1n) is 2.78. The Morgan fingerprint density at radius 3 is 2.12 bits per heavy atom. The summed E-state index contributed by atoms with van der Waals surface area (Å²) >= 11 is 0. The van der Waals surface area contributed by atoms with Crippen molar-refractivity contribution in [2.75, 3.05) is 0 Å². The third kappa shape index (κ3) is 0.650. The van der Waals surface area contributed by atoms with Gasteiger partial charge in [-0.2, -0.15) is 0 Å². The van der Waals surface area contributed by atoms with Crippen molar-refractivity contribution in [1.29, 1.82) is 0 Å². The van der Waals surface area contributed by atoms with Crippen molar-refractivity contribution in [2.45, 2.75) is 19.3 Å². The fourth-order valence-corrected chi connectivity index (χ4v) is 0.862. The Bertz CT molecular complexity index is 89.2. The van der Waals surface area contributed by atoms with Crippen LogP contribution in [0.15, 0.2) is 0 Å². The molecule has 45 valence electrons. The second kappa shape index (κ2) is 1.86. The lowest BCUT2D eigenvalue weighted by Gasteiger charge is -2.33. The van der Waals surface area contributed by atoms with Gasteiger partial charge in [-0.05, 0) is 12.8 Å². The molecule has 0 bridgehead atoms. The number of aliphatic hydroxyl groups excluding tert-OH is 1. The molecule has 2 heteroatoms. The van der Waals surface area contributed by atoms with Crippen molar-refractivity contribution < 1.29 is 9.90 Å². The standard InChI is InChI=1S/C6H9O2/c7-4-6(5-8)2-1-3-6/h4-5,7H,1-3H2. The Labute approximate surface area is 48.5 Å². The molecule has 0 aromatic carbocycles. The van der Waals surface area contributed by atoms with Crippen molar-refractivity contribution in [3.8, 4) is 0 Å². The highest BCUT2D eigenvalue weighted by Crippen LogP contribution is 2.40. The minimum absolute atomic E-state index is 0.444. The molecule has 1 rings (SSSR count). The first-order chi connectivity index (χ1) is 3.83. The maximum Gasteiger partial charge on any atom is 0.128 e. The number of rotatable bonds is 2. The summed E-state index contributed by atoms with van der Waals surface area (Å²) < 4.78 is 0. The second-order valence-corrected chi connectivity index (χ2v) is 2.33. The zero-order chi connectivity index (χ0) is 6.04. The summed E-state index contributed by atoms with van der Waals surface area (Å²) in [5.74, 6) is 0. The van der Waals surface area contributed by atoms with Crippen LogP contribution in [0.25, 0.3) is 0 Å². The monoisotopic (exact) mass is 113 g/mol. The summed E-state index contributed by atoms with van der Waals surface area (Å²) in [7, 11) is 0. The lowest BCUT2D eigenvalue weighted by molar-refractivity contribution is -0.120. The molecule has 1 fully saturated rings. The summed E-state index contributed by atoms with van der Waals surface area (Å²) in [5, 5.41) is 8.48. The summed E-state index contributed by atoms with van der Waals surface area (Å²) in [4.78, 5) is 10.1. The topological polar surface area (TPSA) is 37.3 Å². The zero-order valence-corrected chi connectivity index (χ0v) is 4.63. The van der Waals surface area contributed by atoms with Crippen molar-refractivity contribution >= 4 is 6.29 Å². The lowest BCUT2D eigenvalue weighted by atomic mass is 9.71. The van der Waals surface area contributed by atoms with E-state index in [2.05, 4.69) is 0 Å². The molecule has 0 aromatic heterocycles. The van der Waals surface area contributed by atoms with E-state index in [9.17, 15) is 4.79 Å². The Kier molecular flexibility index (Phi) is 1.34. The fraction of sp³-hybridized carbons (Fsp3) is 0.667. The van der Waals surface area contributed by atoms with Crippen LogP contribution in [-0.2, 0) is 4.79 Å². The smallest absolute Gasteiger partial charge is 0.128 e. The van der Waals surface area contributed by atoms with Crippen molar-refractivity contribution in [3.63, 3.8) is 0 Å². The molecule has 0 aliphatic heterocycles. The normalized spacial score (nSPS) is 24.1. The predicted molar refractivity (Wildman–Crippen MR) is 28.6 cm³/mol. The van der Waals surface area contributed by atoms with Crippen molar-refractivity contribution in [1.82, 2.24) is 0 Å². The van der Waals surface area contributed by atoms with Gasteiger partial charge in [0.2, 0.25) is 0 Å². The highest BCUT2D eigenvalue weighted by Gasteiger charge is 2.36. The van der Waals surface area contributed by atoms with E-state index in [1.807, 2.05) is 0 Å². The molecule has 0 aromatic rings. The fourth-order valence-electron chi connectivity index (χ4n) is 0.862. The third-order valence-electron chi connectivity index (χ3n) is 1.78. The van der Waals surface area contributed by atoms with E-state index in [0.717, 1.165) is 32.2 Å². The molecule has 0 heterocycles. The molecule has 2 nitrogen and oxygen atoms in total. The Morgan fingerprint density at radius 1 is 1.50 bits per heavy atom. The minimum atomic E-state index is -0.444. The lowest BCUT2D eigenvalue weighted by Crippen LogP contribution is -2.31. The average Bonchev–Trinajstić information content (AvgIpc) is 1.67. The number of aliphatic hydroxyl groups is 1. The molecule has 1 aliphatic carbocycles. The van der Waals surface area contributed by atoms with Crippen LogP contribution in [0, 0.1) is 12.0 Å². The van der Waals surface area contributed by atoms with Gasteiger partial charge in [0.15, 0.2) is 0 Å². The van der Waals surface area contributed by atoms with E-state index in [1.165, 1.54) is 0 Å². The molecular weight excluding hydrogens is 104 g/mol. The summed E-state index contributed by atoms with van der Waals surface area (Å²) in [6.07, 6.45) is 3.55. The molecule has 0 saturated heterocycles. The van der Waals surface area contributed by atoms with Gasteiger partial charge in [0.25, 0.3) is 0 Å². The first-order valence-corrected chi connectivity index (χ1v) is 2.78. The number of aldehydes is 1. The first kappa shape index (κ1) is 5.76. The van der Waals surface area contributed by atoms with Gasteiger partial charge in [0.05, 0.1) is 12.0 Å². The Balaban J connectivity index is 2.45. The molecule has 1 saturated carbocycles.